The van der Waals surface area contributed by atoms with Crippen LogP contribution in [0.15, 0.2) is 29.3 Å². The number of amides is 1. The Kier molecular flexibility index (Phi) is 9.86. The number of rotatable bonds is 5. The van der Waals surface area contributed by atoms with Crippen LogP contribution in [0.3, 0.4) is 0 Å². The van der Waals surface area contributed by atoms with Crippen molar-refractivity contribution in [2.45, 2.75) is 13.5 Å². The first-order valence-corrected chi connectivity index (χ1v) is 8.88. The van der Waals surface area contributed by atoms with Crippen molar-refractivity contribution in [2.75, 3.05) is 40.3 Å². The van der Waals surface area contributed by atoms with Crippen molar-refractivity contribution >= 4 is 53.4 Å². The molecule has 1 aliphatic rings. The van der Waals surface area contributed by atoms with Crippen LogP contribution >= 0.6 is 35.6 Å². The summed E-state index contributed by atoms with van der Waals surface area (Å²) in [6, 6.07) is 7.51. The smallest absolute Gasteiger partial charge is 0.310 e. The van der Waals surface area contributed by atoms with E-state index in [1.165, 1.54) is 7.11 Å². The van der Waals surface area contributed by atoms with E-state index in [1.54, 1.807) is 14.0 Å². The van der Waals surface area contributed by atoms with Gasteiger partial charge in [0, 0.05) is 38.2 Å². The molecule has 1 fully saturated rings. The van der Waals surface area contributed by atoms with Crippen molar-refractivity contribution in [3.8, 4) is 0 Å². The molecule has 2 rings (SSSR count). The molecule has 150 valence electrons. The number of piperazine rings is 1. The maximum atomic E-state index is 12.5. The molecule has 1 amide bonds. The van der Waals surface area contributed by atoms with E-state index in [-0.39, 0.29) is 48.3 Å². The number of hydrogen-bond donors (Lipinski definition) is 1. The number of ether oxygens (including phenoxy) is 1. The Bertz CT molecular complexity index is 669. The fourth-order valence-corrected chi connectivity index (χ4v) is 2.85. The number of nitrogens with one attached hydrogen (secondary N) is 1. The van der Waals surface area contributed by atoms with Crippen LogP contribution in [0.2, 0.25) is 5.02 Å². The molecular weight excluding hydrogens is 483 g/mol. The van der Waals surface area contributed by atoms with Gasteiger partial charge in [-0.15, -0.1) is 24.0 Å². The van der Waals surface area contributed by atoms with Crippen LogP contribution in [0, 0.1) is 5.92 Å². The van der Waals surface area contributed by atoms with E-state index in [0.717, 1.165) is 5.56 Å². The molecule has 9 heteroatoms. The largest absolute Gasteiger partial charge is 0.469 e. The Hall–Kier alpha value is -1.55. The SMILES string of the molecule is CN=C(NCC(C)C(=O)OC)N1CCN(Cc2ccc(Cl)cc2)C(=O)C1.I. The Morgan fingerprint density at radius 1 is 1.33 bits per heavy atom. The lowest BCUT2D eigenvalue weighted by Gasteiger charge is -2.36. The number of aliphatic imine (C=N–C) groups is 1. The predicted octanol–water partition coefficient (Wildman–Crippen LogP) is 1.99. The van der Waals surface area contributed by atoms with Gasteiger partial charge in [0.25, 0.3) is 0 Å². The molecule has 1 aromatic rings. The summed E-state index contributed by atoms with van der Waals surface area (Å²) in [5.74, 6) is 0.0749. The Labute approximate surface area is 182 Å². The molecule has 1 atom stereocenters. The molecule has 0 radical (unpaired) electrons. The van der Waals surface area contributed by atoms with Crippen molar-refractivity contribution in [1.29, 1.82) is 0 Å². The normalized spacial score (nSPS) is 15.9. The molecule has 1 saturated heterocycles. The summed E-state index contributed by atoms with van der Waals surface area (Å²) in [6.07, 6.45) is 0. The minimum Gasteiger partial charge on any atom is -0.469 e. The van der Waals surface area contributed by atoms with E-state index >= 15 is 0 Å². The Balaban J connectivity index is 0.00000364. The van der Waals surface area contributed by atoms with E-state index in [4.69, 9.17) is 16.3 Å². The summed E-state index contributed by atoms with van der Waals surface area (Å²) in [6.45, 7) is 4.27. The quantitative estimate of drug-likeness (QED) is 0.285. The fraction of sp³-hybridized carbons (Fsp3) is 0.500. The number of carbonyl (C=O) groups excluding carboxylic acids is 2. The van der Waals surface area contributed by atoms with Gasteiger partial charge in [-0.1, -0.05) is 30.7 Å². The van der Waals surface area contributed by atoms with Gasteiger partial charge >= 0.3 is 5.97 Å². The van der Waals surface area contributed by atoms with Gasteiger partial charge in [-0.25, -0.2) is 0 Å². The molecule has 1 aliphatic heterocycles. The second-order valence-corrected chi connectivity index (χ2v) is 6.65. The zero-order valence-corrected chi connectivity index (χ0v) is 18.9. The Morgan fingerprint density at radius 2 is 2.00 bits per heavy atom. The third-order valence-electron chi connectivity index (χ3n) is 4.29. The minimum absolute atomic E-state index is 0. The van der Waals surface area contributed by atoms with E-state index in [2.05, 4.69) is 10.3 Å². The lowest BCUT2D eigenvalue weighted by molar-refractivity contribution is -0.144. The van der Waals surface area contributed by atoms with Crippen LogP contribution in [-0.4, -0.2) is 68.0 Å². The van der Waals surface area contributed by atoms with Gasteiger partial charge in [-0.05, 0) is 17.7 Å². The maximum Gasteiger partial charge on any atom is 0.310 e. The summed E-state index contributed by atoms with van der Waals surface area (Å²) in [4.78, 5) is 31.9. The first kappa shape index (κ1) is 23.5. The van der Waals surface area contributed by atoms with Gasteiger partial charge in [0.15, 0.2) is 5.96 Å². The summed E-state index contributed by atoms with van der Waals surface area (Å²) in [5.41, 5.74) is 1.05. The number of esters is 1. The van der Waals surface area contributed by atoms with Crippen molar-refractivity contribution in [3.05, 3.63) is 34.9 Å². The molecule has 1 unspecified atom stereocenters. The third-order valence-corrected chi connectivity index (χ3v) is 4.54. The highest BCUT2D eigenvalue weighted by molar-refractivity contribution is 14.0. The van der Waals surface area contributed by atoms with Crippen LogP contribution in [-0.2, 0) is 20.9 Å². The van der Waals surface area contributed by atoms with Crippen LogP contribution in [0.1, 0.15) is 12.5 Å². The predicted molar refractivity (Wildman–Crippen MR) is 116 cm³/mol. The average molecular weight is 509 g/mol. The molecule has 7 nitrogen and oxygen atoms in total. The van der Waals surface area contributed by atoms with Gasteiger partial charge in [-0.3, -0.25) is 14.6 Å². The van der Waals surface area contributed by atoms with Crippen LogP contribution < -0.4 is 5.32 Å². The molecule has 0 aromatic heterocycles. The monoisotopic (exact) mass is 508 g/mol. The third kappa shape index (κ3) is 6.84. The highest BCUT2D eigenvalue weighted by Gasteiger charge is 2.26. The molecule has 1 heterocycles. The summed E-state index contributed by atoms with van der Waals surface area (Å²) in [5, 5.41) is 3.82. The van der Waals surface area contributed by atoms with Crippen molar-refractivity contribution in [1.82, 2.24) is 15.1 Å². The lowest BCUT2D eigenvalue weighted by atomic mass is 10.2. The van der Waals surface area contributed by atoms with Crippen LogP contribution in [0.5, 0.6) is 0 Å². The highest BCUT2D eigenvalue weighted by Crippen LogP contribution is 2.13. The topological polar surface area (TPSA) is 74.2 Å². The number of nitrogens with zero attached hydrogens (tertiary/aromatic N) is 3. The molecule has 0 spiro atoms. The minimum atomic E-state index is -0.293. The summed E-state index contributed by atoms with van der Waals surface area (Å²) >= 11 is 5.90. The molecule has 0 saturated carbocycles. The highest BCUT2D eigenvalue weighted by atomic mass is 127. The van der Waals surface area contributed by atoms with E-state index in [1.807, 2.05) is 34.1 Å². The van der Waals surface area contributed by atoms with Crippen molar-refractivity contribution in [2.24, 2.45) is 10.9 Å². The zero-order valence-electron chi connectivity index (χ0n) is 15.8. The standard InChI is InChI=1S/C18H25ClN4O3.HI/c1-13(17(25)26-3)10-21-18(20-2)23-9-8-22(16(24)12-23)11-14-4-6-15(19)7-5-14;/h4-7,13H,8-12H2,1-3H3,(H,20,21);1H. The summed E-state index contributed by atoms with van der Waals surface area (Å²) in [7, 11) is 3.03. The van der Waals surface area contributed by atoms with Gasteiger partial charge in [0.1, 0.15) is 0 Å². The molecule has 1 aromatic carbocycles. The average Bonchev–Trinajstić information content (AvgIpc) is 2.65. The Morgan fingerprint density at radius 3 is 2.56 bits per heavy atom. The molecule has 27 heavy (non-hydrogen) atoms. The number of benzene rings is 1. The van der Waals surface area contributed by atoms with Gasteiger partial charge in [0.05, 0.1) is 19.6 Å². The van der Waals surface area contributed by atoms with E-state index in [9.17, 15) is 9.59 Å². The van der Waals surface area contributed by atoms with Crippen LogP contribution in [0.25, 0.3) is 0 Å². The number of methoxy groups -OCH3 is 1. The second-order valence-electron chi connectivity index (χ2n) is 6.22. The van der Waals surface area contributed by atoms with Gasteiger partial charge in [-0.2, -0.15) is 0 Å². The molecule has 1 N–H and O–H groups in total. The van der Waals surface area contributed by atoms with E-state index in [0.29, 0.717) is 37.2 Å². The molecule has 0 aliphatic carbocycles. The fourth-order valence-electron chi connectivity index (χ4n) is 2.73. The maximum absolute atomic E-state index is 12.5. The van der Waals surface area contributed by atoms with Crippen LogP contribution in [0.4, 0.5) is 0 Å². The lowest BCUT2D eigenvalue weighted by Crippen LogP contribution is -2.55. The van der Waals surface area contributed by atoms with Crippen molar-refractivity contribution in [3.63, 3.8) is 0 Å². The number of carbonyl (C=O) groups is 2. The summed E-state index contributed by atoms with van der Waals surface area (Å²) < 4.78 is 4.72. The number of hydrogen-bond acceptors (Lipinski definition) is 4. The first-order chi connectivity index (χ1) is 12.4. The van der Waals surface area contributed by atoms with Gasteiger partial charge < -0.3 is 19.9 Å². The first-order valence-electron chi connectivity index (χ1n) is 8.50. The second kappa shape index (κ2) is 11.3. The van der Waals surface area contributed by atoms with Crippen molar-refractivity contribution < 1.29 is 14.3 Å². The van der Waals surface area contributed by atoms with Gasteiger partial charge in [0.2, 0.25) is 5.91 Å². The number of guanidine groups is 1. The van der Waals surface area contributed by atoms with E-state index < -0.39 is 0 Å². The molecule has 0 bridgehead atoms. The molecular formula is C18H26ClIN4O3. The number of halogens is 2. The zero-order chi connectivity index (χ0) is 19.1.